The zero-order valence-electron chi connectivity index (χ0n) is 21.1. The van der Waals surface area contributed by atoms with Crippen molar-refractivity contribution in [2.45, 2.75) is 36.8 Å². The molecule has 0 saturated carbocycles. The lowest BCUT2D eigenvalue weighted by Gasteiger charge is -2.46. The second-order valence-corrected chi connectivity index (χ2v) is 10.5. The highest BCUT2D eigenvalue weighted by Gasteiger charge is 2.70. The van der Waals surface area contributed by atoms with Crippen LogP contribution in [0.1, 0.15) is 35.1 Å². The van der Waals surface area contributed by atoms with Gasteiger partial charge in [-0.25, -0.2) is 0 Å². The molecule has 4 aromatic rings. The standard InChI is InChI=1S/C34H28N2O2/c37-31-33(27-17-7-9-19-29(27)35(31)23-25-13-3-1-4-14-25)21-11-12-22-34(33)28-18-8-10-20-30(28)36(32(34)38)24-26-15-5-2-6-16-26/h1-20H,21-24H2/t33-,34+. The number of benzene rings is 4. The molecule has 186 valence electrons. The Morgan fingerprint density at radius 1 is 0.500 bits per heavy atom. The minimum Gasteiger partial charge on any atom is -0.307 e. The maximum atomic E-state index is 14.8. The summed E-state index contributed by atoms with van der Waals surface area (Å²) in [6, 6.07) is 36.3. The number of amides is 2. The highest BCUT2D eigenvalue weighted by Crippen LogP contribution is 2.63. The van der Waals surface area contributed by atoms with Gasteiger partial charge < -0.3 is 9.80 Å². The molecule has 0 fully saturated rings. The van der Waals surface area contributed by atoms with Gasteiger partial charge in [0, 0.05) is 11.4 Å². The van der Waals surface area contributed by atoms with E-state index in [1.54, 1.807) is 0 Å². The predicted molar refractivity (Wildman–Crippen MR) is 150 cm³/mol. The third-order valence-electron chi connectivity index (χ3n) is 8.64. The molecule has 1 aliphatic carbocycles. The first-order chi connectivity index (χ1) is 18.7. The van der Waals surface area contributed by atoms with Gasteiger partial charge in [0.1, 0.15) is 0 Å². The second kappa shape index (κ2) is 8.56. The molecule has 2 atom stereocenters. The normalized spacial score (nSPS) is 23.4. The Kier molecular flexibility index (Phi) is 5.12. The number of carbonyl (C=O) groups excluding carboxylic acids is 2. The Balaban J connectivity index is 1.43. The van der Waals surface area contributed by atoms with Crippen LogP contribution in [0, 0.1) is 0 Å². The third kappa shape index (κ3) is 2.97. The highest BCUT2D eigenvalue weighted by atomic mass is 16.2. The number of carbonyl (C=O) groups is 2. The summed E-state index contributed by atoms with van der Waals surface area (Å²) in [6.07, 6.45) is 5.18. The van der Waals surface area contributed by atoms with Gasteiger partial charge in [0.15, 0.2) is 0 Å². The fourth-order valence-corrected chi connectivity index (χ4v) is 6.98. The lowest BCUT2D eigenvalue weighted by atomic mass is 9.53. The van der Waals surface area contributed by atoms with Gasteiger partial charge in [-0.2, -0.15) is 0 Å². The minimum atomic E-state index is -1.01. The molecular weight excluding hydrogens is 468 g/mol. The van der Waals surface area contributed by atoms with Gasteiger partial charge in [-0.3, -0.25) is 9.59 Å². The number of nitrogens with zero attached hydrogens (tertiary/aromatic N) is 2. The Hall–Kier alpha value is -4.44. The third-order valence-corrected chi connectivity index (χ3v) is 8.64. The van der Waals surface area contributed by atoms with Gasteiger partial charge in [0.25, 0.3) is 0 Å². The fourth-order valence-electron chi connectivity index (χ4n) is 6.98. The molecule has 0 N–H and O–H groups in total. The van der Waals surface area contributed by atoms with Crippen LogP contribution in [0.2, 0.25) is 0 Å². The Morgan fingerprint density at radius 2 is 0.868 bits per heavy atom. The van der Waals surface area contributed by atoms with Crippen molar-refractivity contribution in [1.82, 2.24) is 0 Å². The summed E-state index contributed by atoms with van der Waals surface area (Å²) in [4.78, 5) is 33.5. The molecular formula is C34H28N2O2. The summed E-state index contributed by atoms with van der Waals surface area (Å²) in [7, 11) is 0. The van der Waals surface area contributed by atoms with E-state index in [1.807, 2.05) is 82.6 Å². The van der Waals surface area contributed by atoms with Crippen molar-refractivity contribution in [2.75, 3.05) is 9.80 Å². The van der Waals surface area contributed by atoms with E-state index in [2.05, 4.69) is 48.6 Å². The summed E-state index contributed by atoms with van der Waals surface area (Å²) < 4.78 is 0. The Labute approximate surface area is 222 Å². The van der Waals surface area contributed by atoms with Crippen LogP contribution in [0.3, 0.4) is 0 Å². The first kappa shape index (κ1) is 22.7. The molecule has 2 spiro atoms. The lowest BCUT2D eigenvalue weighted by molar-refractivity contribution is -0.135. The van der Waals surface area contributed by atoms with Crippen molar-refractivity contribution in [3.63, 3.8) is 0 Å². The molecule has 0 bridgehead atoms. The van der Waals surface area contributed by atoms with Crippen LogP contribution in [-0.2, 0) is 33.5 Å². The molecule has 0 aromatic heterocycles. The molecule has 2 heterocycles. The van der Waals surface area contributed by atoms with Gasteiger partial charge in [-0.05, 0) is 47.2 Å². The number of rotatable bonds is 4. The smallest absolute Gasteiger partial charge is 0.239 e. The predicted octanol–water partition coefficient (Wildman–Crippen LogP) is 6.31. The largest absolute Gasteiger partial charge is 0.307 e. The average molecular weight is 497 g/mol. The van der Waals surface area contributed by atoms with Gasteiger partial charge in [-0.1, -0.05) is 109 Å². The molecule has 0 unspecified atom stereocenters. The number of hydrogen-bond donors (Lipinski definition) is 0. The number of hydrogen-bond acceptors (Lipinski definition) is 2. The van der Waals surface area contributed by atoms with E-state index in [1.165, 1.54) is 0 Å². The van der Waals surface area contributed by atoms with Crippen LogP contribution in [0.15, 0.2) is 121 Å². The molecule has 4 heteroatoms. The number of fused-ring (bicyclic) bond motifs is 5. The molecule has 2 amide bonds. The second-order valence-electron chi connectivity index (χ2n) is 10.5. The Bertz CT molecular complexity index is 1460. The first-order valence-corrected chi connectivity index (χ1v) is 13.2. The summed E-state index contributed by atoms with van der Waals surface area (Å²) in [6.45, 7) is 0.948. The van der Waals surface area contributed by atoms with Gasteiger partial charge in [0.2, 0.25) is 11.8 Å². The van der Waals surface area contributed by atoms with Crippen molar-refractivity contribution < 1.29 is 9.59 Å². The molecule has 0 saturated heterocycles. The topological polar surface area (TPSA) is 40.6 Å². The monoisotopic (exact) mass is 496 g/mol. The summed E-state index contributed by atoms with van der Waals surface area (Å²) in [5.74, 6) is 0.0215. The highest BCUT2D eigenvalue weighted by molar-refractivity contribution is 6.19. The van der Waals surface area contributed by atoms with E-state index in [0.717, 1.165) is 33.6 Å². The van der Waals surface area contributed by atoms with Gasteiger partial charge in [0.05, 0.1) is 23.9 Å². The van der Waals surface area contributed by atoms with E-state index in [0.29, 0.717) is 25.9 Å². The van der Waals surface area contributed by atoms with Crippen molar-refractivity contribution in [3.8, 4) is 0 Å². The number of allylic oxidation sites excluding steroid dienone is 2. The zero-order valence-corrected chi connectivity index (χ0v) is 21.1. The van der Waals surface area contributed by atoms with Crippen molar-refractivity contribution in [3.05, 3.63) is 144 Å². The molecule has 2 aliphatic heterocycles. The molecule has 3 aliphatic rings. The van der Waals surface area contributed by atoms with E-state index in [9.17, 15) is 9.59 Å². The van der Waals surface area contributed by atoms with E-state index in [4.69, 9.17) is 0 Å². The van der Waals surface area contributed by atoms with Gasteiger partial charge in [-0.15, -0.1) is 0 Å². The molecule has 4 aromatic carbocycles. The van der Waals surface area contributed by atoms with Crippen LogP contribution in [-0.4, -0.2) is 11.8 Å². The van der Waals surface area contributed by atoms with Crippen molar-refractivity contribution >= 4 is 23.2 Å². The number of para-hydroxylation sites is 2. The van der Waals surface area contributed by atoms with Crippen LogP contribution < -0.4 is 9.80 Å². The molecule has 0 radical (unpaired) electrons. The zero-order chi connectivity index (χ0) is 25.7. The SMILES string of the molecule is O=C1N(Cc2ccccc2)c2ccccc2[C@]12CC=CC[C@]21C(=O)N(Cc2ccccc2)c2ccccc21. The van der Waals surface area contributed by atoms with E-state index >= 15 is 0 Å². The minimum absolute atomic E-state index is 0.0108. The summed E-state index contributed by atoms with van der Waals surface area (Å²) in [5.41, 5.74) is 3.84. The number of anilines is 2. The maximum absolute atomic E-state index is 14.8. The molecule has 4 nitrogen and oxygen atoms in total. The van der Waals surface area contributed by atoms with E-state index in [-0.39, 0.29) is 11.8 Å². The van der Waals surface area contributed by atoms with Crippen LogP contribution in [0.25, 0.3) is 0 Å². The fraction of sp³-hybridized carbons (Fsp3) is 0.176. The van der Waals surface area contributed by atoms with E-state index < -0.39 is 10.8 Å². The van der Waals surface area contributed by atoms with Crippen LogP contribution >= 0.6 is 0 Å². The first-order valence-electron chi connectivity index (χ1n) is 13.2. The molecule has 38 heavy (non-hydrogen) atoms. The van der Waals surface area contributed by atoms with Crippen LogP contribution in [0.5, 0.6) is 0 Å². The van der Waals surface area contributed by atoms with Crippen molar-refractivity contribution in [1.29, 1.82) is 0 Å². The Morgan fingerprint density at radius 3 is 1.29 bits per heavy atom. The summed E-state index contributed by atoms with van der Waals surface area (Å²) >= 11 is 0. The van der Waals surface area contributed by atoms with Gasteiger partial charge >= 0.3 is 0 Å². The van der Waals surface area contributed by atoms with Crippen LogP contribution in [0.4, 0.5) is 11.4 Å². The summed E-state index contributed by atoms with van der Waals surface area (Å²) in [5, 5.41) is 0. The average Bonchev–Trinajstić information content (AvgIpc) is 3.34. The lowest BCUT2D eigenvalue weighted by Crippen LogP contribution is -2.60. The quantitative estimate of drug-likeness (QED) is 0.311. The van der Waals surface area contributed by atoms with Crippen molar-refractivity contribution in [2.24, 2.45) is 0 Å². The molecule has 7 rings (SSSR count). The maximum Gasteiger partial charge on any atom is 0.239 e.